The van der Waals surface area contributed by atoms with Crippen molar-refractivity contribution in [3.8, 4) is 0 Å². The number of nitrogens with zero attached hydrogens (tertiary/aromatic N) is 4. The van der Waals surface area contributed by atoms with Crippen LogP contribution in [0.1, 0.15) is 5.56 Å². The molecular weight excluding hydrogens is 320 g/mol. The van der Waals surface area contributed by atoms with E-state index in [1.165, 1.54) is 10.9 Å². The average Bonchev–Trinajstić information content (AvgIpc) is 3.10. The van der Waals surface area contributed by atoms with Gasteiger partial charge < -0.3 is 4.90 Å². The number of carbonyl (C=O) groups is 1. The van der Waals surface area contributed by atoms with Crippen LogP contribution in [0.15, 0.2) is 73.1 Å². The lowest BCUT2D eigenvalue weighted by Crippen LogP contribution is -2.33. The normalized spacial score (nSPS) is 10.4. The molecule has 0 fully saturated rings. The first-order valence-electron chi connectivity index (χ1n) is 7.69. The largest absolute Gasteiger partial charge is 0.307 e. The third-order valence-electron chi connectivity index (χ3n) is 3.68. The Hall–Kier alpha value is -3.48. The van der Waals surface area contributed by atoms with Gasteiger partial charge in [0.1, 0.15) is 18.9 Å². The minimum Gasteiger partial charge on any atom is -0.306 e. The number of aromatic nitrogens is 2. The van der Waals surface area contributed by atoms with Gasteiger partial charge in [0.05, 0.1) is 11.5 Å². The first-order valence-corrected chi connectivity index (χ1v) is 7.69. The molecule has 0 N–H and O–H groups in total. The van der Waals surface area contributed by atoms with E-state index < -0.39 is 4.92 Å². The van der Waals surface area contributed by atoms with Crippen molar-refractivity contribution in [3.05, 3.63) is 88.7 Å². The zero-order valence-corrected chi connectivity index (χ0v) is 13.4. The van der Waals surface area contributed by atoms with Crippen LogP contribution in [-0.2, 0) is 17.9 Å². The molecule has 0 bridgehead atoms. The summed E-state index contributed by atoms with van der Waals surface area (Å²) in [6, 6.07) is 19.0. The first kappa shape index (κ1) is 16.4. The van der Waals surface area contributed by atoms with Crippen LogP contribution in [0, 0.1) is 10.1 Å². The fourth-order valence-corrected chi connectivity index (χ4v) is 2.45. The molecule has 7 nitrogen and oxygen atoms in total. The molecule has 0 spiro atoms. The summed E-state index contributed by atoms with van der Waals surface area (Å²) >= 11 is 0. The van der Waals surface area contributed by atoms with Gasteiger partial charge >= 0.3 is 5.69 Å². The lowest BCUT2D eigenvalue weighted by Gasteiger charge is -2.23. The van der Waals surface area contributed by atoms with Gasteiger partial charge in [-0.05, 0) is 17.7 Å². The second-order valence-corrected chi connectivity index (χ2v) is 5.45. The van der Waals surface area contributed by atoms with Gasteiger partial charge in [-0.2, -0.15) is 5.10 Å². The summed E-state index contributed by atoms with van der Waals surface area (Å²) in [6.07, 6.45) is 2.39. The van der Waals surface area contributed by atoms with Gasteiger partial charge in [0.25, 0.3) is 0 Å². The van der Waals surface area contributed by atoms with E-state index in [2.05, 4.69) is 5.10 Å². The van der Waals surface area contributed by atoms with Gasteiger partial charge in [-0.1, -0.05) is 48.5 Å². The molecule has 3 rings (SSSR count). The molecule has 0 radical (unpaired) electrons. The number of nitro groups is 1. The maximum absolute atomic E-state index is 12.8. The molecule has 1 heterocycles. The molecule has 1 amide bonds. The number of hydrogen-bond donors (Lipinski definition) is 0. The summed E-state index contributed by atoms with van der Waals surface area (Å²) in [5, 5.41) is 14.6. The maximum atomic E-state index is 12.8. The van der Waals surface area contributed by atoms with Crippen LogP contribution in [0.5, 0.6) is 0 Å². The monoisotopic (exact) mass is 336 g/mol. The highest BCUT2D eigenvalue weighted by molar-refractivity contribution is 5.93. The molecule has 0 atom stereocenters. The molecule has 0 unspecified atom stereocenters. The van der Waals surface area contributed by atoms with Crippen molar-refractivity contribution >= 4 is 17.3 Å². The lowest BCUT2D eigenvalue weighted by molar-refractivity contribution is -0.385. The van der Waals surface area contributed by atoms with Gasteiger partial charge in [0, 0.05) is 5.69 Å². The second kappa shape index (κ2) is 7.39. The molecule has 1 aromatic heterocycles. The van der Waals surface area contributed by atoms with Crippen molar-refractivity contribution in [1.82, 2.24) is 9.78 Å². The van der Waals surface area contributed by atoms with E-state index in [-0.39, 0.29) is 18.1 Å². The third-order valence-corrected chi connectivity index (χ3v) is 3.68. The van der Waals surface area contributed by atoms with Crippen LogP contribution in [-0.4, -0.2) is 20.6 Å². The van der Waals surface area contributed by atoms with Crippen molar-refractivity contribution in [2.24, 2.45) is 0 Å². The number of rotatable bonds is 6. The van der Waals surface area contributed by atoms with Gasteiger partial charge in [-0.3, -0.25) is 19.6 Å². The van der Waals surface area contributed by atoms with Crippen LogP contribution >= 0.6 is 0 Å². The maximum Gasteiger partial charge on any atom is 0.307 e. The standard InChI is InChI=1S/C18H16N4O3/c23-18(14-20-13-17(11-19-20)22(24)25)21(16-9-5-2-6-10-16)12-15-7-3-1-4-8-15/h1-11,13H,12,14H2. The van der Waals surface area contributed by atoms with Gasteiger partial charge in [-0.25, -0.2) is 0 Å². The van der Waals surface area contributed by atoms with Crippen molar-refractivity contribution in [3.63, 3.8) is 0 Å². The third kappa shape index (κ3) is 4.08. The Bertz CT molecular complexity index is 862. The van der Waals surface area contributed by atoms with Crippen LogP contribution in [0.3, 0.4) is 0 Å². The van der Waals surface area contributed by atoms with E-state index in [1.54, 1.807) is 4.90 Å². The van der Waals surface area contributed by atoms with Crippen molar-refractivity contribution < 1.29 is 9.72 Å². The summed E-state index contributed by atoms with van der Waals surface area (Å²) in [5.74, 6) is -0.201. The van der Waals surface area contributed by atoms with E-state index >= 15 is 0 Å². The number of amides is 1. The Balaban J connectivity index is 1.82. The lowest BCUT2D eigenvalue weighted by atomic mass is 10.2. The summed E-state index contributed by atoms with van der Waals surface area (Å²) in [5.41, 5.74) is 1.62. The van der Waals surface area contributed by atoms with E-state index in [0.29, 0.717) is 6.54 Å². The highest BCUT2D eigenvalue weighted by atomic mass is 16.6. The molecule has 0 aliphatic carbocycles. The molecule has 126 valence electrons. The molecular formula is C18H16N4O3. The van der Waals surface area contributed by atoms with E-state index in [9.17, 15) is 14.9 Å². The Kier molecular flexibility index (Phi) is 4.84. The van der Waals surface area contributed by atoms with Crippen molar-refractivity contribution in [2.45, 2.75) is 13.1 Å². The Labute approximate surface area is 144 Å². The summed E-state index contributed by atoms with van der Waals surface area (Å²) in [7, 11) is 0. The predicted octanol–water partition coefficient (Wildman–Crippen LogP) is 3.02. The zero-order chi connectivity index (χ0) is 17.6. The molecule has 7 heteroatoms. The van der Waals surface area contributed by atoms with Crippen LogP contribution < -0.4 is 4.90 Å². The zero-order valence-electron chi connectivity index (χ0n) is 13.4. The Morgan fingerprint density at radius 1 is 1.08 bits per heavy atom. The predicted molar refractivity (Wildman–Crippen MR) is 93.0 cm³/mol. The Morgan fingerprint density at radius 2 is 1.72 bits per heavy atom. The smallest absolute Gasteiger partial charge is 0.306 e. The van der Waals surface area contributed by atoms with E-state index in [0.717, 1.165) is 17.4 Å². The summed E-state index contributed by atoms with van der Waals surface area (Å²) in [4.78, 5) is 24.7. The number of hydrogen-bond acceptors (Lipinski definition) is 4. The highest BCUT2D eigenvalue weighted by Crippen LogP contribution is 2.18. The van der Waals surface area contributed by atoms with Crippen LogP contribution in [0.4, 0.5) is 11.4 Å². The molecule has 0 saturated carbocycles. The minimum absolute atomic E-state index is 0.0738. The Morgan fingerprint density at radius 3 is 2.32 bits per heavy atom. The van der Waals surface area contributed by atoms with Gasteiger partial charge in [0.2, 0.25) is 5.91 Å². The molecule has 0 saturated heterocycles. The van der Waals surface area contributed by atoms with Gasteiger partial charge in [0.15, 0.2) is 0 Å². The highest BCUT2D eigenvalue weighted by Gasteiger charge is 2.18. The van der Waals surface area contributed by atoms with Crippen LogP contribution in [0.25, 0.3) is 0 Å². The molecule has 0 aliphatic heterocycles. The van der Waals surface area contributed by atoms with Crippen molar-refractivity contribution in [1.29, 1.82) is 0 Å². The van der Waals surface area contributed by atoms with E-state index in [1.807, 2.05) is 60.7 Å². The topological polar surface area (TPSA) is 81.3 Å². The fourth-order valence-electron chi connectivity index (χ4n) is 2.45. The summed E-state index contributed by atoms with van der Waals surface area (Å²) in [6.45, 7) is 0.336. The van der Waals surface area contributed by atoms with Crippen LogP contribution in [0.2, 0.25) is 0 Å². The first-order chi connectivity index (χ1) is 12.1. The SMILES string of the molecule is O=C(Cn1cc([N+](=O)[O-])cn1)N(Cc1ccccc1)c1ccccc1. The number of carbonyl (C=O) groups excluding carboxylic acids is 1. The van der Waals surface area contributed by atoms with Gasteiger partial charge in [-0.15, -0.1) is 0 Å². The summed E-state index contributed by atoms with van der Waals surface area (Å²) < 4.78 is 1.28. The van der Waals surface area contributed by atoms with Crippen molar-refractivity contribution in [2.75, 3.05) is 4.90 Å². The molecule has 3 aromatic rings. The molecule has 25 heavy (non-hydrogen) atoms. The molecule has 0 aliphatic rings. The number of anilines is 1. The fraction of sp³-hybridized carbons (Fsp3) is 0.111. The van der Waals surface area contributed by atoms with E-state index in [4.69, 9.17) is 0 Å². The second-order valence-electron chi connectivity index (χ2n) is 5.45. The minimum atomic E-state index is -0.535. The number of para-hydroxylation sites is 1. The quantitative estimate of drug-likeness (QED) is 0.512. The number of benzene rings is 2. The average molecular weight is 336 g/mol. The molecule has 2 aromatic carbocycles.